The van der Waals surface area contributed by atoms with Crippen molar-refractivity contribution < 1.29 is 4.79 Å². The van der Waals surface area contributed by atoms with Gasteiger partial charge in [-0.1, -0.05) is 13.8 Å². The molecule has 0 aromatic heterocycles. The van der Waals surface area contributed by atoms with Crippen LogP contribution in [-0.2, 0) is 0 Å². The van der Waals surface area contributed by atoms with E-state index in [4.69, 9.17) is 0 Å². The summed E-state index contributed by atoms with van der Waals surface area (Å²) < 4.78 is 0. The van der Waals surface area contributed by atoms with Crippen molar-refractivity contribution in [3.8, 4) is 0 Å². The first-order valence-corrected chi connectivity index (χ1v) is 8.25. The van der Waals surface area contributed by atoms with E-state index < -0.39 is 0 Å². The highest BCUT2D eigenvalue weighted by molar-refractivity contribution is 5.95. The smallest absolute Gasteiger partial charge is 0.253 e. The number of nitrogens with zero attached hydrogens (tertiary/aromatic N) is 1. The van der Waals surface area contributed by atoms with Crippen LogP contribution in [-0.4, -0.2) is 30.4 Å². The molecule has 1 saturated heterocycles. The molecule has 0 radical (unpaired) electrons. The van der Waals surface area contributed by atoms with E-state index in [-0.39, 0.29) is 5.91 Å². The molecule has 1 aromatic carbocycles. The van der Waals surface area contributed by atoms with Crippen molar-refractivity contribution in [2.24, 2.45) is 5.92 Å². The van der Waals surface area contributed by atoms with Gasteiger partial charge in [-0.25, -0.2) is 0 Å². The van der Waals surface area contributed by atoms with Crippen LogP contribution in [0.4, 0.5) is 5.69 Å². The first kappa shape index (κ1) is 15.9. The molecule has 1 heterocycles. The Morgan fingerprint density at radius 1 is 1.33 bits per heavy atom. The second-order valence-electron chi connectivity index (χ2n) is 6.28. The van der Waals surface area contributed by atoms with Crippen molar-refractivity contribution in [1.82, 2.24) is 4.90 Å². The number of carbonyl (C=O) groups excluding carboxylic acids is 1. The average molecular weight is 288 g/mol. The molecule has 0 saturated carbocycles. The lowest BCUT2D eigenvalue weighted by molar-refractivity contribution is 0.0760. The molecule has 0 aliphatic carbocycles. The van der Waals surface area contributed by atoms with Gasteiger partial charge in [-0.2, -0.15) is 0 Å². The Bertz CT molecular complexity index is 484. The molecule has 1 fully saturated rings. The number of likely N-dealkylation sites (tertiary alicyclic amines) is 1. The molecule has 21 heavy (non-hydrogen) atoms. The minimum atomic E-state index is 0.189. The normalized spacial score (nSPS) is 19.2. The lowest BCUT2D eigenvalue weighted by atomic mass is 10.0. The van der Waals surface area contributed by atoms with E-state index in [1.54, 1.807) is 0 Å². The van der Waals surface area contributed by atoms with Gasteiger partial charge in [-0.05, 0) is 62.3 Å². The van der Waals surface area contributed by atoms with Crippen molar-refractivity contribution in [1.29, 1.82) is 0 Å². The molecule has 3 nitrogen and oxygen atoms in total. The summed E-state index contributed by atoms with van der Waals surface area (Å²) in [6.07, 6.45) is 4.59. The van der Waals surface area contributed by atoms with Crippen LogP contribution in [0.5, 0.6) is 0 Å². The number of amides is 1. The number of benzene rings is 1. The average Bonchev–Trinajstić information content (AvgIpc) is 2.70. The van der Waals surface area contributed by atoms with Crippen LogP contribution in [0.3, 0.4) is 0 Å². The molecular weight excluding hydrogens is 260 g/mol. The number of nitrogens with one attached hydrogen (secondary N) is 1. The number of anilines is 1. The van der Waals surface area contributed by atoms with Crippen molar-refractivity contribution in [3.63, 3.8) is 0 Å². The van der Waals surface area contributed by atoms with Crippen LogP contribution in [0.25, 0.3) is 0 Å². The first-order chi connectivity index (χ1) is 10.1. The van der Waals surface area contributed by atoms with Crippen molar-refractivity contribution >= 4 is 11.6 Å². The summed E-state index contributed by atoms with van der Waals surface area (Å²) in [7, 11) is 0. The summed E-state index contributed by atoms with van der Waals surface area (Å²) in [6.45, 7) is 9.28. The molecule has 1 amide bonds. The Labute approximate surface area is 128 Å². The Kier molecular flexibility index (Phi) is 5.66. The third-order valence-electron chi connectivity index (χ3n) is 4.34. The minimum absolute atomic E-state index is 0.189. The Balaban J connectivity index is 2.06. The molecule has 1 aromatic rings. The van der Waals surface area contributed by atoms with Crippen LogP contribution in [0.2, 0.25) is 0 Å². The maximum atomic E-state index is 12.6. The van der Waals surface area contributed by atoms with Gasteiger partial charge in [-0.3, -0.25) is 4.79 Å². The fraction of sp³-hybridized carbons (Fsp3) is 0.611. The zero-order chi connectivity index (χ0) is 15.2. The number of rotatable bonds is 4. The molecule has 0 spiro atoms. The SMILES string of the molecule is CCCNc1ccc(C(=O)N2CCCC(C)CC2)cc1C. The Morgan fingerprint density at radius 2 is 2.14 bits per heavy atom. The number of aryl methyl sites for hydroxylation is 1. The number of hydrogen-bond acceptors (Lipinski definition) is 2. The molecule has 1 N–H and O–H groups in total. The van der Waals surface area contributed by atoms with E-state index >= 15 is 0 Å². The van der Waals surface area contributed by atoms with E-state index in [1.807, 2.05) is 23.1 Å². The number of carbonyl (C=O) groups is 1. The van der Waals surface area contributed by atoms with Gasteiger partial charge in [0.2, 0.25) is 0 Å². The Hall–Kier alpha value is -1.51. The van der Waals surface area contributed by atoms with Gasteiger partial charge in [-0.15, -0.1) is 0 Å². The quantitative estimate of drug-likeness (QED) is 0.905. The zero-order valence-corrected chi connectivity index (χ0v) is 13.6. The molecule has 1 aliphatic rings. The van der Waals surface area contributed by atoms with Crippen LogP contribution < -0.4 is 5.32 Å². The van der Waals surface area contributed by atoms with Crippen LogP contribution in [0.15, 0.2) is 18.2 Å². The van der Waals surface area contributed by atoms with Crippen LogP contribution in [0, 0.1) is 12.8 Å². The summed E-state index contributed by atoms with van der Waals surface area (Å²) in [5.41, 5.74) is 3.11. The van der Waals surface area contributed by atoms with Crippen LogP contribution >= 0.6 is 0 Å². The third kappa shape index (κ3) is 4.23. The van der Waals surface area contributed by atoms with E-state index in [2.05, 4.69) is 26.1 Å². The molecule has 1 unspecified atom stereocenters. The molecule has 1 atom stereocenters. The monoisotopic (exact) mass is 288 g/mol. The molecule has 3 heteroatoms. The highest BCUT2D eigenvalue weighted by Gasteiger charge is 2.20. The zero-order valence-electron chi connectivity index (χ0n) is 13.6. The van der Waals surface area contributed by atoms with Gasteiger partial charge < -0.3 is 10.2 Å². The molecule has 1 aliphatic heterocycles. The predicted molar refractivity (Wildman–Crippen MR) is 88.9 cm³/mol. The van der Waals surface area contributed by atoms with Gasteiger partial charge >= 0.3 is 0 Å². The largest absolute Gasteiger partial charge is 0.385 e. The second kappa shape index (κ2) is 7.48. The summed E-state index contributed by atoms with van der Waals surface area (Å²) in [6, 6.07) is 6.02. The van der Waals surface area contributed by atoms with Gasteiger partial charge in [0.05, 0.1) is 0 Å². The number of hydrogen-bond donors (Lipinski definition) is 1. The summed E-state index contributed by atoms with van der Waals surface area (Å²) in [5.74, 6) is 0.930. The maximum absolute atomic E-state index is 12.6. The van der Waals surface area contributed by atoms with Gasteiger partial charge in [0.25, 0.3) is 5.91 Å². The van der Waals surface area contributed by atoms with Gasteiger partial charge in [0.15, 0.2) is 0 Å². The van der Waals surface area contributed by atoms with Crippen molar-refractivity contribution in [2.75, 3.05) is 25.0 Å². The maximum Gasteiger partial charge on any atom is 0.253 e. The first-order valence-electron chi connectivity index (χ1n) is 8.25. The van der Waals surface area contributed by atoms with E-state index in [1.165, 1.54) is 6.42 Å². The lowest BCUT2D eigenvalue weighted by Gasteiger charge is -2.21. The Morgan fingerprint density at radius 3 is 2.86 bits per heavy atom. The summed E-state index contributed by atoms with van der Waals surface area (Å²) in [5, 5.41) is 3.40. The highest BCUT2D eigenvalue weighted by atomic mass is 16.2. The van der Waals surface area contributed by atoms with E-state index in [0.29, 0.717) is 0 Å². The van der Waals surface area contributed by atoms with Crippen LogP contribution in [0.1, 0.15) is 55.5 Å². The van der Waals surface area contributed by atoms with E-state index in [0.717, 1.165) is 61.6 Å². The highest BCUT2D eigenvalue weighted by Crippen LogP contribution is 2.21. The fourth-order valence-electron chi connectivity index (χ4n) is 2.90. The molecular formula is C18H28N2O. The third-order valence-corrected chi connectivity index (χ3v) is 4.34. The molecule has 116 valence electrons. The van der Waals surface area contributed by atoms with Gasteiger partial charge in [0, 0.05) is 30.9 Å². The molecule has 2 rings (SSSR count). The van der Waals surface area contributed by atoms with Crippen molar-refractivity contribution in [3.05, 3.63) is 29.3 Å². The summed E-state index contributed by atoms with van der Waals surface area (Å²) >= 11 is 0. The fourth-order valence-corrected chi connectivity index (χ4v) is 2.90. The standard InChI is InChI=1S/C18H28N2O/c1-4-10-19-17-8-7-16(13-15(17)3)18(21)20-11-5-6-14(2)9-12-20/h7-8,13-14,19H,4-6,9-12H2,1-3H3. The van der Waals surface area contributed by atoms with Crippen molar-refractivity contribution in [2.45, 2.75) is 46.5 Å². The minimum Gasteiger partial charge on any atom is -0.385 e. The lowest BCUT2D eigenvalue weighted by Crippen LogP contribution is -2.32. The predicted octanol–water partition coefficient (Wildman–Crippen LogP) is 4.08. The van der Waals surface area contributed by atoms with Gasteiger partial charge in [0.1, 0.15) is 0 Å². The van der Waals surface area contributed by atoms with E-state index in [9.17, 15) is 4.79 Å². The topological polar surface area (TPSA) is 32.3 Å². The summed E-state index contributed by atoms with van der Waals surface area (Å²) in [4.78, 5) is 14.7. The second-order valence-corrected chi connectivity index (χ2v) is 6.28. The molecule has 0 bridgehead atoms.